The van der Waals surface area contributed by atoms with Crippen LogP contribution < -0.4 is 4.74 Å². The molecule has 19 heavy (non-hydrogen) atoms. The van der Waals surface area contributed by atoms with Crippen LogP contribution in [0, 0.1) is 0 Å². The lowest BCUT2D eigenvalue weighted by molar-refractivity contribution is 0.415. The summed E-state index contributed by atoms with van der Waals surface area (Å²) in [7, 11) is 1.67. The third-order valence-corrected chi connectivity index (χ3v) is 2.95. The predicted molar refractivity (Wildman–Crippen MR) is 80.2 cm³/mol. The minimum Gasteiger partial charge on any atom is -0.497 e. The number of benzene rings is 2. The molecule has 2 heteroatoms. The van der Waals surface area contributed by atoms with Crippen molar-refractivity contribution in [3.8, 4) is 5.75 Å². The highest BCUT2D eigenvalue weighted by atomic mass is 16.5. The number of rotatable bonds is 6. The van der Waals surface area contributed by atoms with E-state index in [0.29, 0.717) is 0 Å². The van der Waals surface area contributed by atoms with E-state index < -0.39 is 0 Å². The van der Waals surface area contributed by atoms with Gasteiger partial charge in [0.15, 0.2) is 0 Å². The molecule has 2 nitrogen and oxygen atoms in total. The monoisotopic (exact) mass is 253 g/mol. The molecule has 2 rings (SSSR count). The average molecular weight is 253 g/mol. The van der Waals surface area contributed by atoms with Crippen LogP contribution >= 0.6 is 0 Å². The Labute approximate surface area is 114 Å². The van der Waals surface area contributed by atoms with Crippen LogP contribution in [0.25, 0.3) is 0 Å². The highest BCUT2D eigenvalue weighted by Crippen LogP contribution is 2.09. The van der Waals surface area contributed by atoms with Gasteiger partial charge in [-0.1, -0.05) is 30.3 Å². The second-order valence-electron chi connectivity index (χ2n) is 4.40. The smallest absolute Gasteiger partial charge is 0.118 e. The summed E-state index contributed by atoms with van der Waals surface area (Å²) >= 11 is 0. The van der Waals surface area contributed by atoms with E-state index in [1.54, 1.807) is 7.11 Å². The Hall–Kier alpha value is -2.09. The molecule has 98 valence electrons. The molecule has 0 fully saturated rings. The molecule has 2 aromatic rings. The van der Waals surface area contributed by atoms with Crippen molar-refractivity contribution in [3.05, 3.63) is 65.7 Å². The molecule has 0 unspecified atom stereocenters. The maximum absolute atomic E-state index is 5.12. The van der Waals surface area contributed by atoms with E-state index in [0.717, 1.165) is 30.7 Å². The summed E-state index contributed by atoms with van der Waals surface area (Å²) in [6.07, 6.45) is 4.09. The van der Waals surface area contributed by atoms with E-state index in [1.165, 1.54) is 5.56 Å². The zero-order valence-corrected chi connectivity index (χ0v) is 11.3. The lowest BCUT2D eigenvalue weighted by Crippen LogP contribution is -1.89. The highest BCUT2D eigenvalue weighted by molar-refractivity contribution is 5.79. The fourth-order valence-electron chi connectivity index (χ4n) is 1.88. The van der Waals surface area contributed by atoms with Gasteiger partial charge in [-0.2, -0.15) is 0 Å². The second kappa shape index (κ2) is 7.37. The van der Waals surface area contributed by atoms with Crippen LogP contribution in [0.2, 0.25) is 0 Å². The summed E-state index contributed by atoms with van der Waals surface area (Å²) in [4.78, 5) is 4.45. The second-order valence-corrected chi connectivity index (χ2v) is 4.40. The predicted octanol–water partition coefficient (Wildman–Crippen LogP) is 3.75. The van der Waals surface area contributed by atoms with E-state index in [-0.39, 0.29) is 0 Å². The van der Waals surface area contributed by atoms with Gasteiger partial charge in [-0.15, -0.1) is 0 Å². The number of methoxy groups -OCH3 is 1. The molecular formula is C17H19NO. The molecule has 0 amide bonds. The van der Waals surface area contributed by atoms with Crippen LogP contribution in [-0.2, 0) is 6.42 Å². The van der Waals surface area contributed by atoms with Crippen LogP contribution in [0.15, 0.2) is 59.6 Å². The van der Waals surface area contributed by atoms with Crippen molar-refractivity contribution in [1.82, 2.24) is 0 Å². The Bertz CT molecular complexity index is 503. The first-order valence-corrected chi connectivity index (χ1v) is 6.56. The Kier molecular flexibility index (Phi) is 5.17. The molecular weight excluding hydrogens is 234 g/mol. The van der Waals surface area contributed by atoms with Gasteiger partial charge in [-0.3, -0.25) is 4.99 Å². The summed E-state index contributed by atoms with van der Waals surface area (Å²) in [5, 5.41) is 0. The average Bonchev–Trinajstić information content (AvgIpc) is 2.49. The Morgan fingerprint density at radius 1 is 1.00 bits per heavy atom. The highest BCUT2D eigenvalue weighted by Gasteiger charge is 1.92. The molecule has 0 atom stereocenters. The molecule has 0 bridgehead atoms. The van der Waals surface area contributed by atoms with E-state index >= 15 is 0 Å². The third-order valence-electron chi connectivity index (χ3n) is 2.95. The zero-order chi connectivity index (χ0) is 13.3. The fourth-order valence-corrected chi connectivity index (χ4v) is 1.88. The number of hydrogen-bond acceptors (Lipinski definition) is 2. The van der Waals surface area contributed by atoms with Gasteiger partial charge in [-0.25, -0.2) is 0 Å². The van der Waals surface area contributed by atoms with Gasteiger partial charge in [0.2, 0.25) is 0 Å². The molecule has 0 spiro atoms. The Balaban J connectivity index is 1.74. The molecule has 2 aromatic carbocycles. The van der Waals surface area contributed by atoms with Crippen LogP contribution in [-0.4, -0.2) is 19.9 Å². The first kappa shape index (κ1) is 13.3. The molecule has 0 heterocycles. The normalized spacial score (nSPS) is 10.8. The molecule has 0 aliphatic heterocycles. The van der Waals surface area contributed by atoms with Crippen molar-refractivity contribution >= 4 is 6.21 Å². The van der Waals surface area contributed by atoms with Crippen LogP contribution in [0.1, 0.15) is 17.5 Å². The topological polar surface area (TPSA) is 21.6 Å². The molecule has 0 N–H and O–H groups in total. The van der Waals surface area contributed by atoms with E-state index in [9.17, 15) is 0 Å². The van der Waals surface area contributed by atoms with E-state index in [4.69, 9.17) is 4.74 Å². The van der Waals surface area contributed by atoms with Crippen molar-refractivity contribution in [1.29, 1.82) is 0 Å². The zero-order valence-electron chi connectivity index (χ0n) is 11.3. The quantitative estimate of drug-likeness (QED) is 0.567. The van der Waals surface area contributed by atoms with Crippen molar-refractivity contribution in [2.45, 2.75) is 12.8 Å². The van der Waals surface area contributed by atoms with Gasteiger partial charge in [0.05, 0.1) is 7.11 Å². The molecule has 0 saturated heterocycles. The van der Waals surface area contributed by atoms with Gasteiger partial charge in [-0.05, 0) is 48.2 Å². The van der Waals surface area contributed by atoms with Gasteiger partial charge in [0.25, 0.3) is 0 Å². The number of aliphatic imine (C=N–C) groups is 1. The van der Waals surface area contributed by atoms with E-state index in [1.807, 2.05) is 36.5 Å². The molecule has 0 aliphatic rings. The molecule has 0 radical (unpaired) electrons. The lowest BCUT2D eigenvalue weighted by Gasteiger charge is -1.99. The Morgan fingerprint density at radius 3 is 2.42 bits per heavy atom. The Morgan fingerprint density at radius 2 is 1.74 bits per heavy atom. The molecule has 0 aliphatic carbocycles. The van der Waals surface area contributed by atoms with Gasteiger partial charge >= 0.3 is 0 Å². The maximum Gasteiger partial charge on any atom is 0.118 e. The largest absolute Gasteiger partial charge is 0.497 e. The van der Waals surface area contributed by atoms with Crippen LogP contribution in [0.4, 0.5) is 0 Å². The third kappa shape index (κ3) is 4.59. The van der Waals surface area contributed by atoms with Gasteiger partial charge < -0.3 is 4.74 Å². The minimum absolute atomic E-state index is 0.862. The number of nitrogens with zero attached hydrogens (tertiary/aromatic N) is 1. The van der Waals surface area contributed by atoms with Crippen molar-refractivity contribution in [3.63, 3.8) is 0 Å². The minimum atomic E-state index is 0.862. The summed E-state index contributed by atoms with van der Waals surface area (Å²) in [6.45, 7) is 0.862. The summed E-state index contributed by atoms with van der Waals surface area (Å²) in [5.41, 5.74) is 2.49. The van der Waals surface area contributed by atoms with Gasteiger partial charge in [0.1, 0.15) is 5.75 Å². The molecule has 0 aromatic heterocycles. The van der Waals surface area contributed by atoms with Crippen molar-refractivity contribution in [2.24, 2.45) is 4.99 Å². The standard InChI is InChI=1S/C17H19NO/c1-19-17-11-9-16(10-12-17)14-18-13-5-8-15-6-3-2-4-7-15/h2-4,6-7,9-12,14H,5,8,13H2,1H3. The molecule has 0 saturated carbocycles. The SMILES string of the molecule is COc1ccc(C=NCCCc2ccccc2)cc1. The summed E-state index contributed by atoms with van der Waals surface area (Å²) < 4.78 is 5.12. The first-order valence-electron chi connectivity index (χ1n) is 6.56. The maximum atomic E-state index is 5.12. The number of aryl methyl sites for hydroxylation is 1. The summed E-state index contributed by atoms with van der Waals surface area (Å²) in [6, 6.07) is 18.5. The lowest BCUT2D eigenvalue weighted by atomic mass is 10.1. The van der Waals surface area contributed by atoms with Gasteiger partial charge in [0, 0.05) is 12.8 Å². The van der Waals surface area contributed by atoms with Crippen molar-refractivity contribution < 1.29 is 4.74 Å². The van der Waals surface area contributed by atoms with Crippen LogP contribution in [0.3, 0.4) is 0 Å². The first-order chi connectivity index (χ1) is 9.38. The van der Waals surface area contributed by atoms with Crippen LogP contribution in [0.5, 0.6) is 5.75 Å². The van der Waals surface area contributed by atoms with Crippen molar-refractivity contribution in [2.75, 3.05) is 13.7 Å². The number of hydrogen-bond donors (Lipinski definition) is 0. The number of ether oxygens (including phenoxy) is 1. The fraction of sp³-hybridized carbons (Fsp3) is 0.235. The summed E-state index contributed by atoms with van der Waals surface area (Å²) in [5.74, 6) is 0.876. The van der Waals surface area contributed by atoms with E-state index in [2.05, 4.69) is 29.3 Å².